The van der Waals surface area contributed by atoms with Crippen LogP contribution in [0.25, 0.3) is 0 Å². The minimum atomic E-state index is -0.0851. The topological polar surface area (TPSA) is 46.3 Å². The number of hydrogen-bond acceptors (Lipinski definition) is 5. The maximum Gasteiger partial charge on any atom is 0.289 e. The lowest BCUT2D eigenvalue weighted by Gasteiger charge is -2.15. The molecule has 0 aliphatic heterocycles. The molecule has 4 nitrogen and oxygen atoms in total. The second kappa shape index (κ2) is 8.36. The van der Waals surface area contributed by atoms with E-state index in [1.54, 1.807) is 41.1 Å². The molecule has 0 atom stereocenters. The van der Waals surface area contributed by atoms with E-state index < -0.39 is 0 Å². The third kappa shape index (κ3) is 4.74. The van der Waals surface area contributed by atoms with E-state index in [0.717, 1.165) is 17.9 Å². The second-order valence-corrected chi connectivity index (χ2v) is 7.69. The van der Waals surface area contributed by atoms with Crippen LogP contribution in [0.1, 0.15) is 26.9 Å². The predicted molar refractivity (Wildman–Crippen MR) is 102 cm³/mol. The predicted octanol–water partition coefficient (Wildman–Crippen LogP) is 4.65. The van der Waals surface area contributed by atoms with Gasteiger partial charge in [-0.1, -0.05) is 18.2 Å². The Kier molecular flexibility index (Phi) is 5.94. The zero-order chi connectivity index (χ0) is 17.6. The van der Waals surface area contributed by atoms with Crippen LogP contribution in [0.2, 0.25) is 0 Å². The summed E-state index contributed by atoms with van der Waals surface area (Å²) in [6, 6.07) is 13.8. The van der Waals surface area contributed by atoms with Crippen molar-refractivity contribution in [3.05, 3.63) is 70.1 Å². The molecule has 0 spiro atoms. The van der Waals surface area contributed by atoms with Gasteiger partial charge in [-0.3, -0.25) is 4.79 Å². The summed E-state index contributed by atoms with van der Waals surface area (Å²) >= 11 is 3.33. The minimum Gasteiger partial charge on any atom is -0.455 e. The molecule has 0 aliphatic rings. The Morgan fingerprint density at radius 2 is 2.04 bits per heavy atom. The van der Waals surface area contributed by atoms with E-state index in [4.69, 9.17) is 4.42 Å². The highest BCUT2D eigenvalue weighted by Gasteiger charge is 2.16. The molecule has 0 aliphatic carbocycles. The first-order chi connectivity index (χ1) is 12.1. The SMILES string of the molecule is Cc1ncsc1CCN(C)C(=O)c1ccc(CSc2ccccc2)o1. The lowest BCUT2D eigenvalue weighted by Crippen LogP contribution is -2.28. The zero-order valence-electron chi connectivity index (χ0n) is 14.3. The average Bonchev–Trinajstić information content (AvgIpc) is 3.27. The van der Waals surface area contributed by atoms with Gasteiger partial charge in [-0.2, -0.15) is 0 Å². The summed E-state index contributed by atoms with van der Waals surface area (Å²) in [5, 5.41) is 0. The van der Waals surface area contributed by atoms with Crippen LogP contribution in [0.15, 0.2) is 57.3 Å². The molecule has 2 heterocycles. The molecule has 130 valence electrons. The van der Waals surface area contributed by atoms with Gasteiger partial charge in [-0.25, -0.2) is 4.98 Å². The van der Waals surface area contributed by atoms with Crippen molar-refractivity contribution < 1.29 is 9.21 Å². The van der Waals surface area contributed by atoms with Gasteiger partial charge in [0.15, 0.2) is 5.76 Å². The number of thioether (sulfide) groups is 1. The average molecular weight is 373 g/mol. The largest absolute Gasteiger partial charge is 0.455 e. The maximum absolute atomic E-state index is 12.5. The Balaban J connectivity index is 1.53. The van der Waals surface area contributed by atoms with Crippen molar-refractivity contribution in [1.29, 1.82) is 0 Å². The first kappa shape index (κ1) is 17.8. The molecule has 0 fully saturated rings. The number of hydrogen-bond donors (Lipinski definition) is 0. The number of thiazole rings is 1. The van der Waals surface area contributed by atoms with Crippen molar-refractivity contribution in [2.75, 3.05) is 13.6 Å². The summed E-state index contributed by atoms with van der Waals surface area (Å²) in [6.07, 6.45) is 0.816. The van der Waals surface area contributed by atoms with Crippen molar-refractivity contribution in [3.8, 4) is 0 Å². The highest BCUT2D eigenvalue weighted by Crippen LogP contribution is 2.23. The van der Waals surface area contributed by atoms with Crippen LogP contribution in [0.3, 0.4) is 0 Å². The fourth-order valence-electron chi connectivity index (χ4n) is 2.37. The molecule has 6 heteroatoms. The molecule has 0 saturated heterocycles. The van der Waals surface area contributed by atoms with Crippen molar-refractivity contribution in [3.63, 3.8) is 0 Å². The van der Waals surface area contributed by atoms with E-state index in [1.807, 2.05) is 36.7 Å². The third-order valence-corrected chi connectivity index (χ3v) is 5.89. The lowest BCUT2D eigenvalue weighted by atomic mass is 10.3. The monoisotopic (exact) mass is 372 g/mol. The summed E-state index contributed by atoms with van der Waals surface area (Å²) in [6.45, 7) is 2.65. The molecule has 3 aromatic rings. The second-order valence-electron chi connectivity index (χ2n) is 5.71. The van der Waals surface area contributed by atoms with E-state index >= 15 is 0 Å². The van der Waals surface area contributed by atoms with Crippen LogP contribution in [0.4, 0.5) is 0 Å². The first-order valence-corrected chi connectivity index (χ1v) is 9.91. The smallest absolute Gasteiger partial charge is 0.289 e. The van der Waals surface area contributed by atoms with Crippen molar-refractivity contribution in [2.45, 2.75) is 24.0 Å². The van der Waals surface area contributed by atoms with Crippen LogP contribution in [0.5, 0.6) is 0 Å². The van der Waals surface area contributed by atoms with Crippen LogP contribution < -0.4 is 0 Å². The van der Waals surface area contributed by atoms with Crippen LogP contribution in [-0.2, 0) is 12.2 Å². The summed E-state index contributed by atoms with van der Waals surface area (Å²) in [5.74, 6) is 1.83. The first-order valence-electron chi connectivity index (χ1n) is 8.04. The Bertz CT molecular complexity index is 827. The summed E-state index contributed by atoms with van der Waals surface area (Å²) < 4.78 is 5.73. The molecular formula is C19H20N2O2S2. The van der Waals surface area contributed by atoms with Gasteiger partial charge >= 0.3 is 0 Å². The molecule has 1 amide bonds. The van der Waals surface area contributed by atoms with Crippen LogP contribution >= 0.6 is 23.1 Å². The Morgan fingerprint density at radius 3 is 2.76 bits per heavy atom. The van der Waals surface area contributed by atoms with Crippen LogP contribution in [-0.4, -0.2) is 29.4 Å². The van der Waals surface area contributed by atoms with Crippen molar-refractivity contribution in [2.24, 2.45) is 0 Å². The minimum absolute atomic E-state index is 0.0851. The molecule has 2 aromatic heterocycles. The van der Waals surface area contributed by atoms with E-state index in [9.17, 15) is 4.79 Å². The number of nitrogens with zero attached hydrogens (tertiary/aromatic N) is 2. The molecule has 0 radical (unpaired) electrons. The van der Waals surface area contributed by atoms with E-state index in [1.165, 1.54) is 9.77 Å². The van der Waals surface area contributed by atoms with Crippen molar-refractivity contribution in [1.82, 2.24) is 9.88 Å². The number of aryl methyl sites for hydroxylation is 1. The number of carbonyl (C=O) groups excluding carboxylic acids is 1. The molecule has 25 heavy (non-hydrogen) atoms. The standard InChI is InChI=1S/C19H20N2O2S2/c1-14-18(25-13-20-14)10-11-21(2)19(22)17-9-8-15(23-17)12-24-16-6-4-3-5-7-16/h3-9,13H,10-12H2,1-2H3. The summed E-state index contributed by atoms with van der Waals surface area (Å²) in [5.41, 5.74) is 2.89. The molecule has 3 rings (SSSR count). The number of likely N-dealkylation sites (N-methyl/N-ethyl adjacent to an activating group) is 1. The van der Waals surface area contributed by atoms with Gasteiger partial charge in [0.25, 0.3) is 5.91 Å². The van der Waals surface area contributed by atoms with Gasteiger partial charge in [0.1, 0.15) is 5.76 Å². The van der Waals surface area contributed by atoms with E-state index in [-0.39, 0.29) is 5.91 Å². The van der Waals surface area contributed by atoms with Gasteiger partial charge < -0.3 is 9.32 Å². The quantitative estimate of drug-likeness (QED) is 0.566. The van der Waals surface area contributed by atoms with Crippen LogP contribution in [0, 0.1) is 6.92 Å². The van der Waals surface area contributed by atoms with Gasteiger partial charge in [-0.15, -0.1) is 23.1 Å². The highest BCUT2D eigenvalue weighted by atomic mass is 32.2. The summed E-state index contributed by atoms with van der Waals surface area (Å²) in [7, 11) is 1.81. The van der Waals surface area contributed by atoms with Gasteiger partial charge in [0.2, 0.25) is 0 Å². The number of furan rings is 1. The number of rotatable bonds is 7. The molecule has 0 saturated carbocycles. The third-order valence-electron chi connectivity index (χ3n) is 3.86. The van der Waals surface area contributed by atoms with Crippen molar-refractivity contribution >= 4 is 29.0 Å². The summed E-state index contributed by atoms with van der Waals surface area (Å²) in [4.78, 5) is 20.8. The van der Waals surface area contributed by atoms with E-state index in [2.05, 4.69) is 17.1 Å². The molecule has 1 aromatic carbocycles. The number of amides is 1. The van der Waals surface area contributed by atoms with Gasteiger partial charge in [0.05, 0.1) is 17.0 Å². The Morgan fingerprint density at radius 1 is 1.24 bits per heavy atom. The number of carbonyl (C=O) groups is 1. The molecule has 0 N–H and O–H groups in total. The van der Waals surface area contributed by atoms with E-state index in [0.29, 0.717) is 18.1 Å². The number of aromatic nitrogens is 1. The maximum atomic E-state index is 12.5. The fraction of sp³-hybridized carbons (Fsp3) is 0.263. The fourth-order valence-corrected chi connectivity index (χ4v) is 3.95. The molecular weight excluding hydrogens is 352 g/mol. The van der Waals surface area contributed by atoms with Gasteiger partial charge in [-0.05, 0) is 31.2 Å². The lowest BCUT2D eigenvalue weighted by molar-refractivity contribution is 0.0764. The van der Waals surface area contributed by atoms with Gasteiger partial charge in [0, 0.05) is 29.8 Å². The zero-order valence-corrected chi connectivity index (χ0v) is 15.9. The Hall–Kier alpha value is -2.05. The normalized spacial score (nSPS) is 10.8. The molecule has 0 unspecified atom stereocenters. The molecule has 0 bridgehead atoms. The highest BCUT2D eigenvalue weighted by molar-refractivity contribution is 7.98. The number of benzene rings is 1. The Labute approximate surface area is 155 Å².